The van der Waals surface area contributed by atoms with Crippen LogP contribution < -0.4 is 0 Å². The highest BCUT2D eigenvalue weighted by atomic mass is 14.8. The average Bonchev–Trinajstić information content (AvgIpc) is 2.24. The minimum Gasteiger partial charge on any atom is -0.260 e. The van der Waals surface area contributed by atoms with Crippen LogP contribution in [0.5, 0.6) is 0 Å². The molecule has 1 aromatic heterocycles. The standard InChI is InChI=1S/C11H15N3/c1-3-5-13-10-7-11(9-12-8-10)14-6-4-2/h5-9H,3-4H2,1-2H3. The predicted octanol–water partition coefficient (Wildman–Crippen LogP) is 3.31. The van der Waals surface area contributed by atoms with Crippen molar-refractivity contribution in [2.24, 2.45) is 9.98 Å². The van der Waals surface area contributed by atoms with Crippen molar-refractivity contribution in [2.45, 2.75) is 26.7 Å². The van der Waals surface area contributed by atoms with Crippen LogP contribution in [0, 0.1) is 0 Å². The lowest BCUT2D eigenvalue weighted by atomic mass is 10.4. The van der Waals surface area contributed by atoms with Crippen molar-refractivity contribution < 1.29 is 0 Å². The maximum Gasteiger partial charge on any atom is 0.0830 e. The quantitative estimate of drug-likeness (QED) is 0.669. The molecule has 1 aromatic rings. The van der Waals surface area contributed by atoms with Crippen molar-refractivity contribution >= 4 is 23.8 Å². The van der Waals surface area contributed by atoms with E-state index in [0.29, 0.717) is 0 Å². The first-order valence-corrected chi connectivity index (χ1v) is 4.87. The third-order valence-corrected chi connectivity index (χ3v) is 1.56. The van der Waals surface area contributed by atoms with Crippen LogP contribution in [-0.2, 0) is 0 Å². The molecular formula is C11H15N3. The van der Waals surface area contributed by atoms with E-state index in [-0.39, 0.29) is 0 Å². The Morgan fingerprint density at radius 1 is 1.07 bits per heavy atom. The van der Waals surface area contributed by atoms with Gasteiger partial charge in [-0.05, 0) is 18.9 Å². The highest BCUT2D eigenvalue weighted by Gasteiger charge is 1.91. The minimum atomic E-state index is 0.859. The molecule has 1 heterocycles. The Kier molecular flexibility index (Phi) is 4.55. The van der Waals surface area contributed by atoms with E-state index in [1.807, 2.05) is 18.5 Å². The van der Waals surface area contributed by atoms with Gasteiger partial charge in [0.1, 0.15) is 0 Å². The van der Waals surface area contributed by atoms with Crippen LogP contribution in [0.4, 0.5) is 11.4 Å². The second-order valence-electron chi connectivity index (χ2n) is 2.84. The second kappa shape index (κ2) is 6.02. The van der Waals surface area contributed by atoms with Gasteiger partial charge >= 0.3 is 0 Å². The summed E-state index contributed by atoms with van der Waals surface area (Å²) in [5.74, 6) is 0. The molecule has 0 fully saturated rings. The van der Waals surface area contributed by atoms with Gasteiger partial charge in [-0.25, -0.2) is 0 Å². The van der Waals surface area contributed by atoms with Crippen molar-refractivity contribution in [2.75, 3.05) is 0 Å². The largest absolute Gasteiger partial charge is 0.260 e. The van der Waals surface area contributed by atoms with Crippen LogP contribution in [0.1, 0.15) is 26.7 Å². The fourth-order valence-corrected chi connectivity index (χ4v) is 0.951. The van der Waals surface area contributed by atoms with Crippen molar-refractivity contribution in [3.63, 3.8) is 0 Å². The summed E-state index contributed by atoms with van der Waals surface area (Å²) < 4.78 is 0. The zero-order valence-electron chi connectivity index (χ0n) is 8.64. The number of pyridine rings is 1. The molecule has 0 N–H and O–H groups in total. The van der Waals surface area contributed by atoms with Gasteiger partial charge in [0.25, 0.3) is 0 Å². The lowest BCUT2D eigenvalue weighted by molar-refractivity contribution is 1.26. The Balaban J connectivity index is 2.78. The highest BCUT2D eigenvalue weighted by molar-refractivity contribution is 5.66. The molecule has 0 saturated heterocycles. The Morgan fingerprint density at radius 3 is 2.00 bits per heavy atom. The molecule has 0 atom stereocenters. The van der Waals surface area contributed by atoms with Gasteiger partial charge in [0.2, 0.25) is 0 Å². The fraction of sp³-hybridized carbons (Fsp3) is 0.364. The molecule has 0 saturated carbocycles. The number of rotatable bonds is 4. The summed E-state index contributed by atoms with van der Waals surface area (Å²) >= 11 is 0. The van der Waals surface area contributed by atoms with Gasteiger partial charge in [0.05, 0.1) is 23.8 Å². The van der Waals surface area contributed by atoms with Gasteiger partial charge < -0.3 is 0 Å². The molecule has 0 bridgehead atoms. The lowest BCUT2D eigenvalue weighted by Crippen LogP contribution is -1.74. The van der Waals surface area contributed by atoms with Gasteiger partial charge in [-0.15, -0.1) is 0 Å². The number of hydrogen-bond acceptors (Lipinski definition) is 3. The fourth-order valence-electron chi connectivity index (χ4n) is 0.951. The van der Waals surface area contributed by atoms with Crippen molar-refractivity contribution in [3.05, 3.63) is 18.5 Å². The van der Waals surface area contributed by atoms with Crippen LogP contribution in [-0.4, -0.2) is 17.4 Å². The molecule has 0 radical (unpaired) electrons. The van der Waals surface area contributed by atoms with E-state index >= 15 is 0 Å². The molecular weight excluding hydrogens is 174 g/mol. The van der Waals surface area contributed by atoms with Crippen molar-refractivity contribution in [3.8, 4) is 0 Å². The van der Waals surface area contributed by atoms with E-state index in [1.54, 1.807) is 12.4 Å². The number of hydrogen-bond donors (Lipinski definition) is 0. The Morgan fingerprint density at radius 2 is 1.57 bits per heavy atom. The maximum absolute atomic E-state index is 4.23. The SMILES string of the molecule is CCC=Nc1cncc(N=CCC)c1. The zero-order valence-corrected chi connectivity index (χ0v) is 8.64. The van der Waals surface area contributed by atoms with Gasteiger partial charge in [0, 0.05) is 12.4 Å². The molecule has 74 valence electrons. The van der Waals surface area contributed by atoms with Crippen molar-refractivity contribution in [1.82, 2.24) is 4.98 Å². The van der Waals surface area contributed by atoms with Crippen molar-refractivity contribution in [1.29, 1.82) is 0 Å². The summed E-state index contributed by atoms with van der Waals surface area (Å²) in [5, 5.41) is 0. The third kappa shape index (κ3) is 3.47. The van der Waals surface area contributed by atoms with Crippen LogP contribution in [0.15, 0.2) is 28.4 Å². The lowest BCUT2D eigenvalue weighted by Gasteiger charge is -1.94. The summed E-state index contributed by atoms with van der Waals surface area (Å²) in [5.41, 5.74) is 1.72. The molecule has 3 nitrogen and oxygen atoms in total. The van der Waals surface area contributed by atoms with E-state index in [4.69, 9.17) is 0 Å². The number of nitrogens with zero attached hydrogens (tertiary/aromatic N) is 3. The number of aromatic nitrogens is 1. The second-order valence-corrected chi connectivity index (χ2v) is 2.84. The molecule has 0 aliphatic carbocycles. The summed E-state index contributed by atoms with van der Waals surface area (Å²) in [6, 6.07) is 1.92. The molecule has 0 unspecified atom stereocenters. The molecule has 3 heteroatoms. The van der Waals surface area contributed by atoms with Gasteiger partial charge in [-0.2, -0.15) is 0 Å². The van der Waals surface area contributed by atoms with Crippen LogP contribution in [0.2, 0.25) is 0 Å². The summed E-state index contributed by atoms with van der Waals surface area (Å²) in [7, 11) is 0. The first-order valence-electron chi connectivity index (χ1n) is 4.87. The van der Waals surface area contributed by atoms with Crippen LogP contribution in [0.3, 0.4) is 0 Å². The van der Waals surface area contributed by atoms with Gasteiger partial charge in [-0.1, -0.05) is 13.8 Å². The highest BCUT2D eigenvalue weighted by Crippen LogP contribution is 2.17. The molecule has 1 rings (SSSR count). The van der Waals surface area contributed by atoms with E-state index in [0.717, 1.165) is 24.2 Å². The molecule has 0 aliphatic rings. The summed E-state index contributed by atoms with van der Waals surface area (Å²) in [6.45, 7) is 4.10. The average molecular weight is 189 g/mol. The Labute approximate surface area is 84.6 Å². The summed E-state index contributed by atoms with van der Waals surface area (Å²) in [6.07, 6.45) is 9.06. The van der Waals surface area contributed by atoms with Gasteiger partial charge in [0.15, 0.2) is 0 Å². The minimum absolute atomic E-state index is 0.859. The maximum atomic E-state index is 4.23. The summed E-state index contributed by atoms with van der Waals surface area (Å²) in [4.78, 5) is 12.5. The smallest absolute Gasteiger partial charge is 0.0830 e. The zero-order chi connectivity index (χ0) is 10.2. The predicted molar refractivity (Wildman–Crippen MR) is 61.1 cm³/mol. The first kappa shape index (κ1) is 10.6. The van der Waals surface area contributed by atoms with Crippen LogP contribution in [0.25, 0.3) is 0 Å². The molecule has 0 spiro atoms. The van der Waals surface area contributed by atoms with E-state index in [1.165, 1.54) is 0 Å². The topological polar surface area (TPSA) is 37.6 Å². The van der Waals surface area contributed by atoms with E-state index < -0.39 is 0 Å². The molecule has 14 heavy (non-hydrogen) atoms. The molecule has 0 aromatic carbocycles. The Hall–Kier alpha value is -1.51. The first-order chi connectivity index (χ1) is 6.86. The normalized spacial score (nSPS) is 11.6. The molecule has 0 amide bonds. The van der Waals surface area contributed by atoms with E-state index in [2.05, 4.69) is 28.8 Å². The van der Waals surface area contributed by atoms with E-state index in [9.17, 15) is 0 Å². The third-order valence-electron chi connectivity index (χ3n) is 1.56. The number of aliphatic imine (C=N–C) groups is 2. The molecule has 0 aliphatic heterocycles. The Bertz CT molecular complexity index is 300. The van der Waals surface area contributed by atoms with Gasteiger partial charge in [-0.3, -0.25) is 15.0 Å². The monoisotopic (exact) mass is 189 g/mol. The van der Waals surface area contributed by atoms with Crippen LogP contribution >= 0.6 is 0 Å².